The number of nitrogens with one attached hydrogen (secondary N) is 1. The highest BCUT2D eigenvalue weighted by atomic mass is 32.2. The summed E-state index contributed by atoms with van der Waals surface area (Å²) in [5.74, 6) is 2.11. The quantitative estimate of drug-likeness (QED) is 0.742. The van der Waals surface area contributed by atoms with Crippen LogP contribution in [-0.4, -0.2) is 61.8 Å². The van der Waals surface area contributed by atoms with Crippen LogP contribution in [0, 0.1) is 0 Å². The van der Waals surface area contributed by atoms with Crippen LogP contribution in [0.3, 0.4) is 0 Å². The summed E-state index contributed by atoms with van der Waals surface area (Å²) in [5, 5.41) is 3.70. The van der Waals surface area contributed by atoms with Gasteiger partial charge < -0.3 is 10.2 Å². The van der Waals surface area contributed by atoms with Gasteiger partial charge in [0.05, 0.1) is 0 Å². The number of hydrogen-bond donors (Lipinski definition) is 1. The van der Waals surface area contributed by atoms with E-state index in [9.17, 15) is 0 Å². The van der Waals surface area contributed by atoms with Crippen LogP contribution in [0.5, 0.6) is 0 Å². The molecule has 7 nitrogen and oxygen atoms in total. The fourth-order valence-corrected chi connectivity index (χ4v) is 2.65. The third-order valence-corrected chi connectivity index (χ3v) is 3.92. The predicted octanol–water partition coefficient (Wildman–Crippen LogP) is 1.53. The van der Waals surface area contributed by atoms with Gasteiger partial charge in [0.25, 0.3) is 0 Å². The van der Waals surface area contributed by atoms with Crippen molar-refractivity contribution in [2.45, 2.75) is 19.0 Å². The van der Waals surface area contributed by atoms with Crippen LogP contribution < -0.4 is 5.32 Å². The molecule has 0 saturated carbocycles. The van der Waals surface area contributed by atoms with Crippen LogP contribution in [0.1, 0.15) is 13.8 Å². The van der Waals surface area contributed by atoms with Gasteiger partial charge in [-0.3, -0.25) is 4.57 Å². The van der Waals surface area contributed by atoms with Gasteiger partial charge in [-0.2, -0.15) is 15.0 Å². The van der Waals surface area contributed by atoms with Crippen LogP contribution in [0.15, 0.2) is 23.9 Å². The molecule has 0 aliphatic carbocycles. The Kier molecular flexibility index (Phi) is 5.94. The third-order valence-electron chi connectivity index (χ3n) is 3.10. The van der Waals surface area contributed by atoms with E-state index in [-0.39, 0.29) is 0 Å². The monoisotopic (exact) mass is 307 g/mol. The number of thioether (sulfide) groups is 1. The van der Waals surface area contributed by atoms with Gasteiger partial charge in [0.1, 0.15) is 6.33 Å². The van der Waals surface area contributed by atoms with Crippen molar-refractivity contribution in [2.75, 3.05) is 37.8 Å². The van der Waals surface area contributed by atoms with E-state index in [1.165, 1.54) is 0 Å². The molecule has 2 rings (SSSR count). The minimum atomic E-state index is 0.569. The van der Waals surface area contributed by atoms with Crippen molar-refractivity contribution in [3.63, 3.8) is 0 Å². The number of rotatable bonds is 8. The lowest BCUT2D eigenvalue weighted by molar-refractivity contribution is 0.324. The number of imidazole rings is 1. The Labute approximate surface area is 129 Å². The molecule has 0 aliphatic heterocycles. The van der Waals surface area contributed by atoms with Crippen molar-refractivity contribution in [1.29, 1.82) is 0 Å². The Balaban J connectivity index is 2.07. The van der Waals surface area contributed by atoms with Gasteiger partial charge in [-0.25, -0.2) is 4.98 Å². The zero-order valence-corrected chi connectivity index (χ0v) is 13.5. The molecule has 0 spiro atoms. The first-order chi connectivity index (χ1) is 10.3. The maximum absolute atomic E-state index is 4.48. The molecular weight excluding hydrogens is 286 g/mol. The Morgan fingerprint density at radius 1 is 1.24 bits per heavy atom. The van der Waals surface area contributed by atoms with Crippen molar-refractivity contribution >= 4 is 17.7 Å². The predicted molar refractivity (Wildman–Crippen MR) is 85.0 cm³/mol. The second kappa shape index (κ2) is 7.94. The highest BCUT2D eigenvalue weighted by Crippen LogP contribution is 2.16. The molecule has 1 N–H and O–H groups in total. The summed E-state index contributed by atoms with van der Waals surface area (Å²) in [4.78, 5) is 19.6. The minimum Gasteiger partial charge on any atom is -0.357 e. The molecular formula is C13H21N7S. The summed E-state index contributed by atoms with van der Waals surface area (Å²) in [6, 6.07) is 0. The normalized spacial score (nSPS) is 11.0. The van der Waals surface area contributed by atoms with Crippen molar-refractivity contribution in [3.8, 4) is 5.95 Å². The van der Waals surface area contributed by atoms with E-state index in [1.807, 2.05) is 6.20 Å². The van der Waals surface area contributed by atoms with Crippen molar-refractivity contribution in [1.82, 2.24) is 29.4 Å². The van der Waals surface area contributed by atoms with E-state index < -0.39 is 0 Å². The number of aromatic nitrogens is 5. The number of nitrogens with zero attached hydrogens (tertiary/aromatic N) is 6. The fourth-order valence-electron chi connectivity index (χ4n) is 1.82. The van der Waals surface area contributed by atoms with Crippen LogP contribution in [0.2, 0.25) is 0 Å². The summed E-state index contributed by atoms with van der Waals surface area (Å²) in [5.41, 5.74) is 0. The van der Waals surface area contributed by atoms with Crippen molar-refractivity contribution in [2.24, 2.45) is 0 Å². The molecule has 21 heavy (non-hydrogen) atoms. The van der Waals surface area contributed by atoms with E-state index in [1.54, 1.807) is 35.9 Å². The Morgan fingerprint density at radius 2 is 2.05 bits per heavy atom. The van der Waals surface area contributed by atoms with E-state index in [0.717, 1.165) is 30.5 Å². The molecule has 0 unspecified atom stereocenters. The highest BCUT2D eigenvalue weighted by molar-refractivity contribution is 7.99. The van der Waals surface area contributed by atoms with Crippen molar-refractivity contribution in [3.05, 3.63) is 18.7 Å². The van der Waals surface area contributed by atoms with E-state index in [4.69, 9.17) is 0 Å². The Hall–Kier alpha value is -1.67. The van der Waals surface area contributed by atoms with E-state index in [0.29, 0.717) is 11.9 Å². The summed E-state index contributed by atoms with van der Waals surface area (Å²) in [6.07, 6.45) is 5.20. The van der Waals surface area contributed by atoms with Crippen LogP contribution in [0.4, 0.5) is 5.95 Å². The molecule has 0 saturated heterocycles. The molecule has 2 aromatic heterocycles. The smallest absolute Gasteiger partial charge is 0.240 e. The van der Waals surface area contributed by atoms with Gasteiger partial charge in [0.2, 0.25) is 11.9 Å². The highest BCUT2D eigenvalue weighted by Gasteiger charge is 2.08. The molecule has 2 aromatic rings. The summed E-state index contributed by atoms with van der Waals surface area (Å²) < 4.78 is 1.77. The second-order valence-electron chi connectivity index (χ2n) is 4.34. The average molecular weight is 307 g/mol. The lowest BCUT2D eigenvalue weighted by atomic mass is 10.5. The molecule has 0 amide bonds. The fraction of sp³-hybridized carbons (Fsp3) is 0.538. The average Bonchev–Trinajstić information content (AvgIpc) is 3.05. The second-order valence-corrected chi connectivity index (χ2v) is 5.40. The molecule has 0 radical (unpaired) electrons. The van der Waals surface area contributed by atoms with Gasteiger partial charge in [0.15, 0.2) is 5.16 Å². The molecule has 0 atom stereocenters. The molecule has 0 aromatic carbocycles. The lowest BCUT2D eigenvalue weighted by Gasteiger charge is -2.17. The minimum absolute atomic E-state index is 0.569. The van der Waals surface area contributed by atoms with Gasteiger partial charge in [-0.05, 0) is 13.1 Å². The van der Waals surface area contributed by atoms with Crippen LogP contribution >= 0.6 is 11.8 Å². The first-order valence-electron chi connectivity index (χ1n) is 7.04. The molecule has 2 heterocycles. The maximum Gasteiger partial charge on any atom is 0.240 e. The Bertz CT molecular complexity index is 539. The third kappa shape index (κ3) is 4.40. The first-order valence-corrected chi connectivity index (χ1v) is 8.02. The number of anilines is 1. The summed E-state index contributed by atoms with van der Waals surface area (Å²) >= 11 is 1.64. The molecule has 0 fully saturated rings. The Morgan fingerprint density at radius 3 is 2.67 bits per heavy atom. The van der Waals surface area contributed by atoms with Gasteiger partial charge in [-0.15, -0.1) is 0 Å². The van der Waals surface area contributed by atoms with Crippen LogP contribution in [-0.2, 0) is 0 Å². The summed E-state index contributed by atoms with van der Waals surface area (Å²) in [7, 11) is 1.80. The molecule has 114 valence electrons. The first kappa shape index (κ1) is 15.7. The molecule has 0 aliphatic rings. The topological polar surface area (TPSA) is 71.8 Å². The zero-order valence-electron chi connectivity index (χ0n) is 12.7. The van der Waals surface area contributed by atoms with Gasteiger partial charge in [-0.1, -0.05) is 25.6 Å². The zero-order chi connectivity index (χ0) is 15.1. The standard InChI is InChI=1S/C13H21N7S/c1-4-19(5-2)8-9-21-13-17-11(14-3)16-12(18-13)20-7-6-15-10-20/h6-7,10H,4-5,8-9H2,1-3H3,(H,14,16,17,18). The lowest BCUT2D eigenvalue weighted by Crippen LogP contribution is -2.25. The van der Waals surface area contributed by atoms with Gasteiger partial charge in [0, 0.05) is 31.7 Å². The van der Waals surface area contributed by atoms with E-state index in [2.05, 4.69) is 44.0 Å². The van der Waals surface area contributed by atoms with Crippen LogP contribution in [0.25, 0.3) is 5.95 Å². The van der Waals surface area contributed by atoms with E-state index >= 15 is 0 Å². The van der Waals surface area contributed by atoms with Gasteiger partial charge >= 0.3 is 0 Å². The maximum atomic E-state index is 4.48. The number of hydrogen-bond acceptors (Lipinski definition) is 7. The van der Waals surface area contributed by atoms with Crippen molar-refractivity contribution < 1.29 is 0 Å². The largest absolute Gasteiger partial charge is 0.357 e. The molecule has 8 heteroatoms. The summed E-state index contributed by atoms with van der Waals surface area (Å²) in [6.45, 7) is 7.51. The molecule has 0 bridgehead atoms. The SMILES string of the molecule is CCN(CC)CCSc1nc(NC)nc(-n2ccnc2)n1.